The van der Waals surface area contributed by atoms with Crippen LogP contribution in [-0.2, 0) is 9.53 Å². The molecule has 0 saturated carbocycles. The van der Waals surface area contributed by atoms with Gasteiger partial charge in [-0.1, -0.05) is 36.1 Å². The maximum Gasteiger partial charge on any atom is 0.328 e. The fourth-order valence-corrected chi connectivity index (χ4v) is 3.35. The molecule has 2 aromatic rings. The number of anilines is 1. The molecule has 9 heteroatoms. The summed E-state index contributed by atoms with van der Waals surface area (Å²) in [4.78, 5) is 35.1. The summed E-state index contributed by atoms with van der Waals surface area (Å²) < 4.78 is 18.8. The molecule has 0 fully saturated rings. The molecule has 3 rings (SSSR count). The van der Waals surface area contributed by atoms with Crippen LogP contribution in [0.1, 0.15) is 29.6 Å². The molecule has 1 aliphatic carbocycles. The Morgan fingerprint density at radius 1 is 1.31 bits per heavy atom. The van der Waals surface area contributed by atoms with E-state index in [-0.39, 0.29) is 18.4 Å². The van der Waals surface area contributed by atoms with Crippen LogP contribution in [0.3, 0.4) is 0 Å². The van der Waals surface area contributed by atoms with Gasteiger partial charge in [0.1, 0.15) is 11.9 Å². The Balaban J connectivity index is 1.76. The fraction of sp³-hybridized carbons (Fsp3) is 0.222. The normalized spacial score (nSPS) is 16.6. The van der Waals surface area contributed by atoms with E-state index in [4.69, 9.17) is 10.00 Å². The highest BCUT2D eigenvalue weighted by Crippen LogP contribution is 2.18. The van der Waals surface area contributed by atoms with Crippen LogP contribution >= 0.6 is 0 Å². The monoisotopic (exact) mass is 485 g/mol. The maximum atomic E-state index is 14.0. The zero-order chi connectivity index (χ0) is 25.8. The minimum absolute atomic E-state index is 0.118. The van der Waals surface area contributed by atoms with Gasteiger partial charge in [0.25, 0.3) is 5.91 Å². The van der Waals surface area contributed by atoms with Crippen LogP contribution in [0, 0.1) is 29.0 Å². The number of amides is 1. The number of allylic oxidation sites excluding steroid dienone is 4. The molecule has 0 spiro atoms. The first-order valence-corrected chi connectivity index (χ1v) is 11.2. The van der Waals surface area contributed by atoms with E-state index in [0.29, 0.717) is 18.9 Å². The van der Waals surface area contributed by atoms with Crippen molar-refractivity contribution >= 4 is 17.8 Å². The van der Waals surface area contributed by atoms with Crippen LogP contribution in [0.15, 0.2) is 78.3 Å². The fourth-order valence-electron chi connectivity index (χ4n) is 3.35. The molecule has 8 nitrogen and oxygen atoms in total. The van der Waals surface area contributed by atoms with Gasteiger partial charge in [0.15, 0.2) is 0 Å². The molecule has 1 N–H and O–H groups in total. The second kappa shape index (κ2) is 13.2. The van der Waals surface area contributed by atoms with Crippen molar-refractivity contribution in [3.8, 4) is 17.9 Å². The summed E-state index contributed by atoms with van der Waals surface area (Å²) in [6.07, 6.45) is 11.4. The van der Waals surface area contributed by atoms with Crippen LogP contribution in [0.5, 0.6) is 0 Å². The second-order valence-corrected chi connectivity index (χ2v) is 7.55. The Bertz CT molecular complexity index is 1290. The maximum absolute atomic E-state index is 14.0. The van der Waals surface area contributed by atoms with Crippen molar-refractivity contribution in [2.24, 2.45) is 0 Å². The number of rotatable bonds is 9. The van der Waals surface area contributed by atoms with Crippen LogP contribution in [-0.4, -0.2) is 41.5 Å². The number of nitrogens with one attached hydrogen (secondary N) is 1. The molecule has 1 aliphatic rings. The lowest BCUT2D eigenvalue weighted by Gasteiger charge is -2.22. The largest absolute Gasteiger partial charge is 0.467 e. The Morgan fingerprint density at radius 3 is 2.81 bits per heavy atom. The average Bonchev–Trinajstić information content (AvgIpc) is 2.88. The second-order valence-electron chi connectivity index (χ2n) is 7.55. The molecule has 1 amide bonds. The van der Waals surface area contributed by atoms with E-state index in [1.165, 1.54) is 31.4 Å². The molecular formula is C27H24FN5O3. The van der Waals surface area contributed by atoms with Crippen molar-refractivity contribution in [3.05, 3.63) is 89.7 Å². The third-order valence-electron chi connectivity index (χ3n) is 5.14. The van der Waals surface area contributed by atoms with E-state index in [1.807, 2.05) is 17.1 Å². The molecule has 0 aliphatic heterocycles. The lowest BCUT2D eigenvalue weighted by atomic mass is 10.1. The van der Waals surface area contributed by atoms with Crippen molar-refractivity contribution in [2.45, 2.75) is 25.3 Å². The third-order valence-corrected chi connectivity index (χ3v) is 5.14. The minimum Gasteiger partial charge on any atom is -0.467 e. The molecular weight excluding hydrogens is 461 g/mol. The quantitative estimate of drug-likeness (QED) is 0.428. The smallest absolute Gasteiger partial charge is 0.328 e. The number of halogens is 1. The van der Waals surface area contributed by atoms with Gasteiger partial charge in [-0.15, -0.1) is 0 Å². The third kappa shape index (κ3) is 7.12. The van der Waals surface area contributed by atoms with Crippen LogP contribution in [0.25, 0.3) is 0 Å². The lowest BCUT2D eigenvalue weighted by Crippen LogP contribution is -2.41. The predicted molar refractivity (Wildman–Crippen MR) is 132 cm³/mol. The van der Waals surface area contributed by atoms with Crippen molar-refractivity contribution in [1.29, 1.82) is 5.26 Å². The van der Waals surface area contributed by atoms with Crippen molar-refractivity contribution in [1.82, 2.24) is 15.3 Å². The van der Waals surface area contributed by atoms with Crippen molar-refractivity contribution in [2.75, 3.05) is 18.6 Å². The van der Waals surface area contributed by atoms with E-state index < -0.39 is 23.7 Å². The highest BCUT2D eigenvalue weighted by Gasteiger charge is 2.22. The molecule has 0 radical (unpaired) electrons. The molecule has 1 aromatic carbocycles. The number of hydrogen-bond donors (Lipinski definition) is 1. The number of ether oxygens (including phenoxy) is 1. The van der Waals surface area contributed by atoms with Gasteiger partial charge in [-0.3, -0.25) is 4.79 Å². The molecule has 1 unspecified atom stereocenters. The lowest BCUT2D eigenvalue weighted by molar-refractivity contribution is -0.142. The van der Waals surface area contributed by atoms with E-state index >= 15 is 0 Å². The first-order valence-electron chi connectivity index (χ1n) is 11.2. The molecule has 36 heavy (non-hydrogen) atoms. The van der Waals surface area contributed by atoms with Crippen molar-refractivity contribution < 1.29 is 18.7 Å². The minimum atomic E-state index is -1.01. The van der Waals surface area contributed by atoms with Gasteiger partial charge in [0.2, 0.25) is 5.95 Å². The number of carbonyl (C=O) groups is 2. The van der Waals surface area contributed by atoms with Gasteiger partial charge < -0.3 is 15.0 Å². The van der Waals surface area contributed by atoms with Crippen LogP contribution < -0.4 is 10.2 Å². The number of carbonyl (C=O) groups excluding carboxylic acids is 2. The van der Waals surface area contributed by atoms with E-state index in [1.54, 1.807) is 30.6 Å². The summed E-state index contributed by atoms with van der Waals surface area (Å²) in [6.45, 7) is 0.406. The SMILES string of the molecule is COC(=O)C(C/C=C1/C#C/C=C(N(CCC#N)c2ncccn2)\C=C/C1)NC(=O)c1ccccc1F. The summed E-state index contributed by atoms with van der Waals surface area (Å²) >= 11 is 0. The highest BCUT2D eigenvalue weighted by atomic mass is 19.1. The zero-order valence-electron chi connectivity index (χ0n) is 19.6. The zero-order valence-corrected chi connectivity index (χ0v) is 19.6. The van der Waals surface area contributed by atoms with Gasteiger partial charge in [0, 0.05) is 30.6 Å². The number of nitriles is 1. The Kier molecular flexibility index (Phi) is 9.49. The summed E-state index contributed by atoms with van der Waals surface area (Å²) in [5.74, 6) is 4.46. The summed E-state index contributed by atoms with van der Waals surface area (Å²) in [5, 5.41) is 11.6. The molecule has 0 bridgehead atoms. The molecule has 1 heterocycles. The standard InChI is InChI=1S/C27H24FN5O3/c1-36-26(35)24(32-25(34)22-12-2-3-13-23(22)28)15-14-20-8-4-10-21(11-5-9-20)33(19-6-16-29)27-30-17-7-18-31-27/h2-4,7,10-14,17-18,24H,6,8,15,19H2,1H3,(H,32,34)/b10-4-,20-14+,21-11+. The summed E-state index contributed by atoms with van der Waals surface area (Å²) in [5.41, 5.74) is 1.32. The van der Waals surface area contributed by atoms with Gasteiger partial charge >= 0.3 is 5.97 Å². The van der Waals surface area contributed by atoms with E-state index in [9.17, 15) is 14.0 Å². The summed E-state index contributed by atoms with van der Waals surface area (Å²) in [7, 11) is 1.22. The summed E-state index contributed by atoms with van der Waals surface area (Å²) in [6, 6.07) is 8.37. The molecule has 0 saturated heterocycles. The molecule has 1 aromatic heterocycles. The van der Waals surface area contributed by atoms with Crippen molar-refractivity contribution in [3.63, 3.8) is 0 Å². The number of benzene rings is 1. The first-order chi connectivity index (χ1) is 17.5. The predicted octanol–water partition coefficient (Wildman–Crippen LogP) is 3.47. The Labute approximate surface area is 208 Å². The average molecular weight is 486 g/mol. The Hall–Kier alpha value is -4.76. The van der Waals surface area contributed by atoms with E-state index in [0.717, 1.165) is 11.3 Å². The number of methoxy groups -OCH3 is 1. The van der Waals surface area contributed by atoms with Gasteiger partial charge in [-0.2, -0.15) is 5.26 Å². The number of aromatic nitrogens is 2. The number of hydrogen-bond acceptors (Lipinski definition) is 7. The topological polar surface area (TPSA) is 108 Å². The Morgan fingerprint density at radius 2 is 2.08 bits per heavy atom. The van der Waals surface area contributed by atoms with Crippen LogP contribution in [0.2, 0.25) is 0 Å². The van der Waals surface area contributed by atoms with Gasteiger partial charge in [0.05, 0.1) is 30.9 Å². The van der Waals surface area contributed by atoms with Gasteiger partial charge in [-0.25, -0.2) is 19.2 Å². The molecule has 182 valence electrons. The van der Waals surface area contributed by atoms with E-state index in [2.05, 4.69) is 33.2 Å². The first kappa shape index (κ1) is 25.9. The highest BCUT2D eigenvalue weighted by molar-refractivity contribution is 5.97. The number of nitrogens with zero attached hydrogens (tertiary/aromatic N) is 4. The number of esters is 1. The molecule has 1 atom stereocenters. The van der Waals surface area contributed by atoms with Gasteiger partial charge in [-0.05, 0) is 37.1 Å². The van der Waals surface area contributed by atoms with Crippen LogP contribution in [0.4, 0.5) is 10.3 Å².